The van der Waals surface area contributed by atoms with Gasteiger partial charge in [0.2, 0.25) is 0 Å². The van der Waals surface area contributed by atoms with Gasteiger partial charge in [0.15, 0.2) is 5.84 Å². The second-order valence-electron chi connectivity index (χ2n) is 4.84. The summed E-state index contributed by atoms with van der Waals surface area (Å²) < 4.78 is 0.0683. The second kappa shape index (κ2) is 7.93. The molecule has 1 amide bonds. The summed E-state index contributed by atoms with van der Waals surface area (Å²) in [5, 5.41) is 14.6. The molecule has 6 heteroatoms. The molecule has 0 spiro atoms. The number of oxime groups is 1. The Hall–Kier alpha value is -1.69. The molecule has 4 N–H and O–H groups in total. The molecule has 0 bridgehead atoms. The third-order valence-electron chi connectivity index (χ3n) is 3.82. The molecule has 0 saturated heterocycles. The Morgan fingerprint density at radius 3 is 2.52 bits per heavy atom. The molecule has 0 aliphatic carbocycles. The fourth-order valence-corrected chi connectivity index (χ4v) is 2.88. The average Bonchev–Trinajstić information content (AvgIpc) is 2.55. The van der Waals surface area contributed by atoms with Crippen molar-refractivity contribution in [1.29, 1.82) is 0 Å². The predicted octanol–water partition coefficient (Wildman–Crippen LogP) is 2.43. The first-order valence-electron chi connectivity index (χ1n) is 6.93. The number of amidine groups is 1. The van der Waals surface area contributed by atoms with Crippen molar-refractivity contribution < 1.29 is 10.0 Å². The van der Waals surface area contributed by atoms with Gasteiger partial charge in [0.1, 0.15) is 0 Å². The summed E-state index contributed by atoms with van der Waals surface area (Å²) in [4.78, 5) is 12.2. The van der Waals surface area contributed by atoms with Gasteiger partial charge >= 0.3 is 0 Å². The minimum Gasteiger partial charge on any atom is -0.409 e. The van der Waals surface area contributed by atoms with Gasteiger partial charge in [0.05, 0.1) is 0 Å². The highest BCUT2D eigenvalue weighted by Crippen LogP contribution is 2.29. The molecule has 0 saturated carbocycles. The molecule has 116 valence electrons. The Kier molecular flexibility index (Phi) is 6.55. The molecular formula is C15H23N3O2S. The first kappa shape index (κ1) is 17.4. The maximum Gasteiger partial charge on any atom is 0.251 e. The average molecular weight is 309 g/mol. The molecule has 1 aromatic carbocycles. The van der Waals surface area contributed by atoms with Crippen LogP contribution in [0.5, 0.6) is 0 Å². The number of hydrogen-bond acceptors (Lipinski definition) is 4. The minimum absolute atomic E-state index is 0.00905. The Morgan fingerprint density at radius 1 is 1.38 bits per heavy atom. The van der Waals surface area contributed by atoms with Crippen molar-refractivity contribution in [3.63, 3.8) is 0 Å². The summed E-state index contributed by atoms with van der Waals surface area (Å²) in [7, 11) is 0. The highest BCUT2D eigenvalue weighted by atomic mass is 32.2. The Labute approximate surface area is 130 Å². The lowest BCUT2D eigenvalue weighted by molar-refractivity contribution is 0.0949. The molecule has 0 unspecified atom stereocenters. The van der Waals surface area contributed by atoms with Crippen LogP contribution in [0.1, 0.15) is 42.6 Å². The van der Waals surface area contributed by atoms with Crippen LogP contribution in [0, 0.1) is 0 Å². The van der Waals surface area contributed by atoms with E-state index in [1.165, 1.54) is 0 Å². The van der Waals surface area contributed by atoms with Crippen LogP contribution >= 0.6 is 11.8 Å². The molecule has 0 radical (unpaired) electrons. The van der Waals surface area contributed by atoms with Crippen LogP contribution in [0.2, 0.25) is 0 Å². The van der Waals surface area contributed by atoms with E-state index in [9.17, 15) is 4.79 Å². The van der Waals surface area contributed by atoms with Crippen LogP contribution in [0.15, 0.2) is 29.4 Å². The van der Waals surface area contributed by atoms with Crippen molar-refractivity contribution in [2.24, 2.45) is 10.9 Å². The highest BCUT2D eigenvalue weighted by Gasteiger charge is 2.25. The SMILES string of the molecule is CCC(CC)(CNC(=O)c1cccc(/C(N)=N/O)c1)SC. The van der Waals surface area contributed by atoms with Crippen molar-refractivity contribution in [2.75, 3.05) is 12.8 Å². The molecule has 0 atom stereocenters. The molecule has 1 aromatic rings. The van der Waals surface area contributed by atoms with E-state index in [4.69, 9.17) is 10.9 Å². The number of amides is 1. The number of rotatable bonds is 7. The van der Waals surface area contributed by atoms with Gasteiger partial charge in [-0.05, 0) is 31.2 Å². The Balaban J connectivity index is 2.81. The zero-order chi connectivity index (χ0) is 15.9. The molecule has 0 aliphatic rings. The number of carbonyl (C=O) groups excluding carboxylic acids is 1. The van der Waals surface area contributed by atoms with Crippen LogP contribution in [-0.4, -0.2) is 34.5 Å². The van der Waals surface area contributed by atoms with Crippen molar-refractivity contribution in [3.05, 3.63) is 35.4 Å². The van der Waals surface area contributed by atoms with Crippen LogP contribution < -0.4 is 11.1 Å². The quantitative estimate of drug-likeness (QED) is 0.312. The van der Waals surface area contributed by atoms with Gasteiger partial charge in [-0.3, -0.25) is 4.79 Å². The van der Waals surface area contributed by atoms with Gasteiger partial charge < -0.3 is 16.3 Å². The van der Waals surface area contributed by atoms with Gasteiger partial charge in [-0.25, -0.2) is 0 Å². The fraction of sp³-hybridized carbons (Fsp3) is 0.467. The normalized spacial score (nSPS) is 12.2. The van der Waals surface area contributed by atoms with Crippen molar-refractivity contribution >= 4 is 23.5 Å². The minimum atomic E-state index is -0.150. The summed E-state index contributed by atoms with van der Waals surface area (Å²) in [5.74, 6) is -0.159. The molecule has 0 fully saturated rings. The van der Waals surface area contributed by atoms with Gasteiger partial charge in [-0.1, -0.05) is 31.1 Å². The number of nitrogens with one attached hydrogen (secondary N) is 1. The summed E-state index contributed by atoms with van der Waals surface area (Å²) in [6.07, 6.45) is 4.06. The van der Waals surface area contributed by atoms with E-state index >= 15 is 0 Å². The van der Waals surface area contributed by atoms with Crippen LogP contribution in [0.3, 0.4) is 0 Å². The van der Waals surface area contributed by atoms with Crippen molar-refractivity contribution in [3.8, 4) is 0 Å². The Bertz CT molecular complexity index is 505. The number of thioether (sulfide) groups is 1. The Morgan fingerprint density at radius 2 is 2.00 bits per heavy atom. The molecule has 0 aromatic heterocycles. The van der Waals surface area contributed by atoms with E-state index in [0.29, 0.717) is 17.7 Å². The maximum absolute atomic E-state index is 12.2. The summed E-state index contributed by atoms with van der Waals surface area (Å²) >= 11 is 1.78. The van der Waals surface area contributed by atoms with E-state index in [2.05, 4.69) is 30.6 Å². The molecule has 1 rings (SSSR count). The van der Waals surface area contributed by atoms with Gasteiger partial charge in [0.25, 0.3) is 5.91 Å². The number of carbonyl (C=O) groups is 1. The predicted molar refractivity (Wildman–Crippen MR) is 88.1 cm³/mol. The topological polar surface area (TPSA) is 87.7 Å². The molecular weight excluding hydrogens is 286 g/mol. The zero-order valence-corrected chi connectivity index (χ0v) is 13.5. The zero-order valence-electron chi connectivity index (χ0n) is 12.7. The summed E-state index contributed by atoms with van der Waals surface area (Å²) in [6.45, 7) is 4.88. The monoisotopic (exact) mass is 309 g/mol. The largest absolute Gasteiger partial charge is 0.409 e. The van der Waals surface area contributed by atoms with E-state index in [1.54, 1.807) is 36.0 Å². The lowest BCUT2D eigenvalue weighted by atomic mass is 10.0. The van der Waals surface area contributed by atoms with Crippen LogP contribution in [0.4, 0.5) is 0 Å². The van der Waals surface area contributed by atoms with E-state index in [0.717, 1.165) is 12.8 Å². The number of benzene rings is 1. The smallest absolute Gasteiger partial charge is 0.251 e. The van der Waals surface area contributed by atoms with E-state index < -0.39 is 0 Å². The molecule has 0 heterocycles. The number of hydrogen-bond donors (Lipinski definition) is 3. The van der Waals surface area contributed by atoms with Gasteiger partial charge in [-0.15, -0.1) is 0 Å². The number of nitrogens with zero attached hydrogens (tertiary/aromatic N) is 1. The fourth-order valence-electron chi connectivity index (χ4n) is 2.08. The van der Waals surface area contributed by atoms with Crippen molar-refractivity contribution in [2.45, 2.75) is 31.4 Å². The first-order valence-corrected chi connectivity index (χ1v) is 8.15. The maximum atomic E-state index is 12.2. The van der Waals surface area contributed by atoms with Gasteiger partial charge in [-0.2, -0.15) is 11.8 Å². The van der Waals surface area contributed by atoms with Crippen LogP contribution in [-0.2, 0) is 0 Å². The van der Waals surface area contributed by atoms with Crippen LogP contribution in [0.25, 0.3) is 0 Å². The lowest BCUT2D eigenvalue weighted by Crippen LogP contribution is -2.39. The molecule has 21 heavy (non-hydrogen) atoms. The number of nitrogens with two attached hydrogens (primary N) is 1. The molecule has 0 aliphatic heterocycles. The molecule has 5 nitrogen and oxygen atoms in total. The summed E-state index contributed by atoms with van der Waals surface area (Å²) in [6, 6.07) is 6.73. The lowest BCUT2D eigenvalue weighted by Gasteiger charge is -2.29. The van der Waals surface area contributed by atoms with E-state index in [-0.39, 0.29) is 16.5 Å². The third-order valence-corrected chi connectivity index (χ3v) is 5.41. The van der Waals surface area contributed by atoms with E-state index in [1.807, 2.05) is 0 Å². The third kappa shape index (κ3) is 4.39. The second-order valence-corrected chi connectivity index (χ2v) is 6.12. The standard InChI is InChI=1S/C15H23N3O2S/c1-4-15(5-2,21-3)10-17-14(19)12-8-6-7-11(9-12)13(16)18-20/h6-9,20H,4-5,10H2,1-3H3,(H2,16,18)(H,17,19). The van der Waals surface area contributed by atoms with Gasteiger partial charge in [0, 0.05) is 22.4 Å². The van der Waals surface area contributed by atoms with Crippen molar-refractivity contribution in [1.82, 2.24) is 5.32 Å². The highest BCUT2D eigenvalue weighted by molar-refractivity contribution is 8.00. The first-order chi connectivity index (χ1) is 10.0. The summed E-state index contributed by atoms with van der Waals surface area (Å²) in [5.41, 5.74) is 6.56.